The average molecular weight is 250 g/mol. The van der Waals surface area contributed by atoms with Gasteiger partial charge in [-0.25, -0.2) is 5.43 Å². The third-order valence-corrected chi connectivity index (χ3v) is 3.77. The van der Waals surface area contributed by atoms with Gasteiger partial charge < -0.3 is 0 Å². The molecular weight excluding hydrogens is 232 g/mol. The fourth-order valence-electron chi connectivity index (χ4n) is 2.08. The largest absolute Gasteiger partial charge is 0.271 e. The number of hydrogen-bond donors (Lipinski definition) is 2. The van der Waals surface area contributed by atoms with E-state index >= 15 is 0 Å². The highest BCUT2D eigenvalue weighted by atomic mass is 32.1. The van der Waals surface area contributed by atoms with Gasteiger partial charge in [-0.3, -0.25) is 10.5 Å². The lowest BCUT2D eigenvalue weighted by Crippen LogP contribution is -2.30. The number of aromatic nitrogens is 2. The van der Waals surface area contributed by atoms with E-state index in [0.717, 1.165) is 17.9 Å². The van der Waals surface area contributed by atoms with Crippen molar-refractivity contribution < 1.29 is 0 Å². The molecule has 0 spiro atoms. The Morgan fingerprint density at radius 1 is 1.53 bits per heavy atom. The lowest BCUT2D eigenvalue weighted by Gasteiger charge is -2.17. The van der Waals surface area contributed by atoms with E-state index in [0.29, 0.717) is 0 Å². The van der Waals surface area contributed by atoms with Gasteiger partial charge in [0.2, 0.25) is 0 Å². The van der Waals surface area contributed by atoms with E-state index < -0.39 is 0 Å². The molecule has 1 atom stereocenters. The summed E-state index contributed by atoms with van der Waals surface area (Å²) in [7, 11) is 0. The van der Waals surface area contributed by atoms with Crippen molar-refractivity contribution in [3.8, 4) is 0 Å². The summed E-state index contributed by atoms with van der Waals surface area (Å²) in [6.07, 6.45) is 0. The average Bonchev–Trinajstić information content (AvgIpc) is 2.88. The third-order valence-electron chi connectivity index (χ3n) is 2.91. The van der Waals surface area contributed by atoms with Crippen LogP contribution in [0.5, 0.6) is 0 Å². The highest BCUT2D eigenvalue weighted by Gasteiger charge is 2.19. The fraction of sp³-hybridized carbons (Fsp3) is 0.417. The van der Waals surface area contributed by atoms with Crippen LogP contribution < -0.4 is 11.3 Å². The second-order valence-electron chi connectivity index (χ2n) is 4.06. The van der Waals surface area contributed by atoms with Gasteiger partial charge in [-0.15, -0.1) is 11.3 Å². The van der Waals surface area contributed by atoms with Crippen LogP contribution >= 0.6 is 11.3 Å². The zero-order chi connectivity index (χ0) is 12.4. The molecule has 17 heavy (non-hydrogen) atoms. The van der Waals surface area contributed by atoms with Gasteiger partial charge in [-0.05, 0) is 43.8 Å². The molecule has 0 fully saturated rings. The monoisotopic (exact) mass is 250 g/mol. The first-order valence-corrected chi connectivity index (χ1v) is 6.59. The molecule has 2 heterocycles. The van der Waals surface area contributed by atoms with Crippen molar-refractivity contribution in [1.82, 2.24) is 15.2 Å². The number of rotatable bonds is 4. The normalized spacial score (nSPS) is 12.9. The number of nitrogens with two attached hydrogens (primary N) is 1. The van der Waals surface area contributed by atoms with Crippen LogP contribution in [0.2, 0.25) is 0 Å². The third kappa shape index (κ3) is 2.26. The lowest BCUT2D eigenvalue weighted by atomic mass is 10.1. The number of nitrogens with zero attached hydrogens (tertiary/aromatic N) is 2. The van der Waals surface area contributed by atoms with Crippen LogP contribution in [0.15, 0.2) is 17.5 Å². The van der Waals surface area contributed by atoms with Crippen molar-refractivity contribution in [2.75, 3.05) is 0 Å². The molecule has 0 saturated heterocycles. The van der Waals surface area contributed by atoms with E-state index in [1.807, 2.05) is 11.6 Å². The molecule has 0 amide bonds. The summed E-state index contributed by atoms with van der Waals surface area (Å²) in [6, 6.07) is 4.22. The molecule has 0 aliphatic heterocycles. The smallest absolute Gasteiger partial charge is 0.0889 e. The first kappa shape index (κ1) is 12.3. The van der Waals surface area contributed by atoms with Crippen LogP contribution in [0.3, 0.4) is 0 Å². The molecule has 0 aliphatic rings. The number of hydrogen-bond acceptors (Lipinski definition) is 4. The van der Waals surface area contributed by atoms with Crippen molar-refractivity contribution >= 4 is 11.3 Å². The maximum atomic E-state index is 5.71. The number of thiophene rings is 1. The second kappa shape index (κ2) is 5.00. The maximum absolute atomic E-state index is 5.71. The predicted molar refractivity (Wildman–Crippen MR) is 70.9 cm³/mol. The Kier molecular flexibility index (Phi) is 3.61. The van der Waals surface area contributed by atoms with Crippen LogP contribution in [0.4, 0.5) is 0 Å². The molecule has 0 radical (unpaired) electrons. The van der Waals surface area contributed by atoms with E-state index in [4.69, 9.17) is 5.84 Å². The van der Waals surface area contributed by atoms with Gasteiger partial charge in [0.05, 0.1) is 17.4 Å². The van der Waals surface area contributed by atoms with E-state index in [2.05, 4.69) is 41.9 Å². The molecule has 2 rings (SSSR count). The molecule has 3 N–H and O–H groups in total. The van der Waals surface area contributed by atoms with Crippen LogP contribution in [0.1, 0.15) is 34.8 Å². The molecule has 92 valence electrons. The van der Waals surface area contributed by atoms with Crippen LogP contribution in [-0.4, -0.2) is 9.78 Å². The van der Waals surface area contributed by atoms with Crippen LogP contribution in [0.25, 0.3) is 0 Å². The van der Waals surface area contributed by atoms with Crippen molar-refractivity contribution in [2.45, 2.75) is 33.4 Å². The Bertz CT molecular complexity index is 500. The van der Waals surface area contributed by atoms with E-state index in [1.165, 1.54) is 10.4 Å². The molecule has 0 bridgehead atoms. The molecule has 2 aromatic rings. The topological polar surface area (TPSA) is 55.9 Å². The highest BCUT2D eigenvalue weighted by Crippen LogP contribution is 2.27. The molecular formula is C12H18N4S. The Balaban J connectivity index is 2.45. The highest BCUT2D eigenvalue weighted by molar-refractivity contribution is 7.10. The minimum Gasteiger partial charge on any atom is -0.271 e. The SMILES string of the molecule is CCn1nc(C)cc1C(NN)c1ccsc1C. The summed E-state index contributed by atoms with van der Waals surface area (Å²) in [5, 5.41) is 6.55. The fourth-order valence-corrected chi connectivity index (χ4v) is 2.82. The molecule has 0 saturated carbocycles. The summed E-state index contributed by atoms with van der Waals surface area (Å²) >= 11 is 1.74. The summed E-state index contributed by atoms with van der Waals surface area (Å²) in [4.78, 5) is 1.29. The lowest BCUT2D eigenvalue weighted by molar-refractivity contribution is 0.542. The van der Waals surface area contributed by atoms with Crippen molar-refractivity contribution in [2.24, 2.45) is 5.84 Å². The summed E-state index contributed by atoms with van der Waals surface area (Å²) < 4.78 is 2.00. The molecule has 4 nitrogen and oxygen atoms in total. The number of aryl methyl sites for hydroxylation is 3. The molecule has 1 unspecified atom stereocenters. The summed E-state index contributed by atoms with van der Waals surface area (Å²) in [5.74, 6) is 5.71. The summed E-state index contributed by atoms with van der Waals surface area (Å²) in [5.41, 5.74) is 6.27. The van der Waals surface area contributed by atoms with E-state index in [9.17, 15) is 0 Å². The zero-order valence-electron chi connectivity index (χ0n) is 10.4. The molecule has 5 heteroatoms. The first-order valence-electron chi connectivity index (χ1n) is 5.71. The first-order chi connectivity index (χ1) is 8.17. The van der Waals surface area contributed by atoms with Crippen molar-refractivity contribution in [1.29, 1.82) is 0 Å². The molecule has 0 aliphatic carbocycles. The van der Waals surface area contributed by atoms with Gasteiger partial charge in [0, 0.05) is 11.4 Å². The van der Waals surface area contributed by atoms with E-state index in [1.54, 1.807) is 11.3 Å². The Hall–Kier alpha value is -1.17. The van der Waals surface area contributed by atoms with Crippen molar-refractivity contribution in [3.05, 3.63) is 39.3 Å². The van der Waals surface area contributed by atoms with Gasteiger partial charge in [-0.1, -0.05) is 0 Å². The minimum absolute atomic E-state index is 0.0161. The van der Waals surface area contributed by atoms with E-state index in [-0.39, 0.29) is 6.04 Å². The van der Waals surface area contributed by atoms with Crippen LogP contribution in [-0.2, 0) is 6.54 Å². The summed E-state index contributed by atoms with van der Waals surface area (Å²) in [6.45, 7) is 7.06. The van der Waals surface area contributed by atoms with Gasteiger partial charge in [0.25, 0.3) is 0 Å². The number of nitrogens with one attached hydrogen (secondary N) is 1. The maximum Gasteiger partial charge on any atom is 0.0889 e. The number of hydrazine groups is 1. The Morgan fingerprint density at radius 2 is 2.29 bits per heavy atom. The predicted octanol–water partition coefficient (Wildman–Crippen LogP) is 2.13. The van der Waals surface area contributed by atoms with Crippen molar-refractivity contribution in [3.63, 3.8) is 0 Å². The van der Waals surface area contributed by atoms with Gasteiger partial charge >= 0.3 is 0 Å². The van der Waals surface area contributed by atoms with Gasteiger partial charge in [0.15, 0.2) is 0 Å². The second-order valence-corrected chi connectivity index (χ2v) is 5.18. The van der Waals surface area contributed by atoms with Crippen LogP contribution in [0, 0.1) is 13.8 Å². The van der Waals surface area contributed by atoms with Gasteiger partial charge in [0.1, 0.15) is 0 Å². The molecule has 2 aromatic heterocycles. The minimum atomic E-state index is 0.0161. The van der Waals surface area contributed by atoms with Gasteiger partial charge in [-0.2, -0.15) is 5.10 Å². The molecule has 0 aromatic carbocycles. The Morgan fingerprint density at radius 3 is 2.82 bits per heavy atom. The Labute approximate surface area is 105 Å². The standard InChI is InChI=1S/C12H18N4S/c1-4-16-11(7-8(2)15-16)12(14-13)10-5-6-17-9(10)3/h5-7,12,14H,4,13H2,1-3H3. The quantitative estimate of drug-likeness (QED) is 0.645. The zero-order valence-corrected chi connectivity index (χ0v) is 11.2.